The first-order chi connectivity index (χ1) is 13.9. The van der Waals surface area contributed by atoms with Gasteiger partial charge in [-0.2, -0.15) is 0 Å². The fraction of sp³-hybridized carbons (Fsp3) is 0.364. The van der Waals surface area contributed by atoms with E-state index in [1.807, 2.05) is 25.1 Å². The number of hydrogen-bond donors (Lipinski definition) is 0. The molecule has 0 N–H and O–H groups in total. The number of ether oxygens (including phenoxy) is 3. The average molecular weight is 418 g/mol. The maximum atomic E-state index is 12.8. The van der Waals surface area contributed by atoms with E-state index in [0.717, 1.165) is 12.0 Å². The Labute approximate surface area is 175 Å². The van der Waals surface area contributed by atoms with Crippen LogP contribution in [0.1, 0.15) is 35.3 Å². The van der Waals surface area contributed by atoms with Crippen molar-refractivity contribution < 1.29 is 23.8 Å². The van der Waals surface area contributed by atoms with Crippen LogP contribution in [0.5, 0.6) is 11.5 Å². The molecule has 29 heavy (non-hydrogen) atoms. The van der Waals surface area contributed by atoms with Crippen LogP contribution >= 0.6 is 11.6 Å². The van der Waals surface area contributed by atoms with Gasteiger partial charge in [-0.25, -0.2) is 4.79 Å². The molecule has 3 rings (SSSR count). The zero-order valence-corrected chi connectivity index (χ0v) is 17.5. The van der Waals surface area contributed by atoms with Gasteiger partial charge in [0.15, 0.2) is 17.6 Å². The fourth-order valence-electron chi connectivity index (χ4n) is 3.34. The van der Waals surface area contributed by atoms with E-state index in [1.54, 1.807) is 11.8 Å². The summed E-state index contributed by atoms with van der Waals surface area (Å²) in [7, 11) is 1.46. The fourth-order valence-corrected chi connectivity index (χ4v) is 3.61. The van der Waals surface area contributed by atoms with Crippen LogP contribution < -0.4 is 9.47 Å². The maximum absolute atomic E-state index is 12.8. The first-order valence-electron chi connectivity index (χ1n) is 9.51. The molecule has 2 aromatic rings. The summed E-state index contributed by atoms with van der Waals surface area (Å²) in [4.78, 5) is 27.1. The Morgan fingerprint density at radius 2 is 1.93 bits per heavy atom. The third-order valence-corrected chi connectivity index (χ3v) is 5.11. The summed E-state index contributed by atoms with van der Waals surface area (Å²) in [6.07, 6.45) is -0.127. The number of amides is 1. The normalized spacial score (nSPS) is 14.0. The van der Waals surface area contributed by atoms with Crippen LogP contribution in [-0.4, -0.2) is 43.1 Å². The predicted molar refractivity (Wildman–Crippen MR) is 110 cm³/mol. The predicted octanol–water partition coefficient (Wildman–Crippen LogP) is 3.88. The van der Waals surface area contributed by atoms with Gasteiger partial charge in [0.05, 0.1) is 24.3 Å². The van der Waals surface area contributed by atoms with Crippen LogP contribution in [0, 0.1) is 0 Å². The van der Waals surface area contributed by atoms with Gasteiger partial charge in [-0.3, -0.25) is 4.79 Å². The van der Waals surface area contributed by atoms with Crippen LogP contribution in [0.3, 0.4) is 0 Å². The van der Waals surface area contributed by atoms with E-state index in [9.17, 15) is 9.59 Å². The lowest BCUT2D eigenvalue weighted by Gasteiger charge is -2.30. The van der Waals surface area contributed by atoms with Crippen LogP contribution in [0.4, 0.5) is 0 Å². The lowest BCUT2D eigenvalue weighted by atomic mass is 9.99. The van der Waals surface area contributed by atoms with E-state index in [1.165, 1.54) is 24.8 Å². The van der Waals surface area contributed by atoms with E-state index in [-0.39, 0.29) is 16.5 Å². The minimum atomic E-state index is -0.913. The van der Waals surface area contributed by atoms with Crippen molar-refractivity contribution in [1.82, 2.24) is 4.90 Å². The van der Waals surface area contributed by atoms with Gasteiger partial charge >= 0.3 is 5.97 Å². The number of methoxy groups -OCH3 is 1. The Morgan fingerprint density at radius 3 is 2.62 bits per heavy atom. The standard InChI is InChI=1S/C22H24ClNO5/c1-4-28-20-18(23)11-17(12-19(20)27-3)22(26)29-14(2)21(25)24-10-9-15-7-5-6-8-16(15)13-24/h5-8,11-12,14H,4,9-10,13H2,1-3H3/t14-/m0/s1. The Morgan fingerprint density at radius 1 is 1.21 bits per heavy atom. The number of carbonyl (C=O) groups is 2. The Hall–Kier alpha value is -2.73. The monoisotopic (exact) mass is 417 g/mol. The van der Waals surface area contributed by atoms with Gasteiger partial charge in [0.1, 0.15) is 0 Å². The Kier molecular flexibility index (Phi) is 6.64. The van der Waals surface area contributed by atoms with E-state index in [0.29, 0.717) is 31.2 Å². The number of fused-ring (bicyclic) bond motifs is 1. The van der Waals surface area contributed by atoms with E-state index in [4.69, 9.17) is 25.8 Å². The van der Waals surface area contributed by atoms with Crippen molar-refractivity contribution in [1.29, 1.82) is 0 Å². The van der Waals surface area contributed by atoms with Crippen LogP contribution in [-0.2, 0) is 22.5 Å². The first kappa shape index (κ1) is 21.0. The summed E-state index contributed by atoms with van der Waals surface area (Å²) >= 11 is 6.22. The third kappa shape index (κ3) is 4.65. The summed E-state index contributed by atoms with van der Waals surface area (Å²) < 4.78 is 16.1. The number of hydrogen-bond acceptors (Lipinski definition) is 5. The topological polar surface area (TPSA) is 65.1 Å². The lowest BCUT2D eigenvalue weighted by Crippen LogP contribution is -2.42. The van der Waals surface area contributed by atoms with E-state index in [2.05, 4.69) is 6.07 Å². The molecule has 0 bridgehead atoms. The van der Waals surface area contributed by atoms with Crippen LogP contribution in [0.2, 0.25) is 5.02 Å². The van der Waals surface area contributed by atoms with Crippen molar-refractivity contribution in [2.75, 3.05) is 20.3 Å². The van der Waals surface area contributed by atoms with Crippen molar-refractivity contribution in [2.24, 2.45) is 0 Å². The average Bonchev–Trinajstić information content (AvgIpc) is 2.73. The largest absolute Gasteiger partial charge is 0.493 e. The molecule has 1 aliphatic heterocycles. The van der Waals surface area contributed by atoms with Crippen LogP contribution in [0.15, 0.2) is 36.4 Å². The molecular formula is C22H24ClNO5. The molecular weight excluding hydrogens is 394 g/mol. The second kappa shape index (κ2) is 9.18. The molecule has 0 aliphatic carbocycles. The lowest BCUT2D eigenvalue weighted by molar-refractivity contribution is -0.140. The smallest absolute Gasteiger partial charge is 0.339 e. The number of carbonyl (C=O) groups excluding carboxylic acids is 2. The zero-order valence-electron chi connectivity index (χ0n) is 16.7. The quantitative estimate of drug-likeness (QED) is 0.667. The van der Waals surface area contributed by atoms with Crippen molar-refractivity contribution >= 4 is 23.5 Å². The second-order valence-electron chi connectivity index (χ2n) is 6.75. The van der Waals surface area contributed by atoms with Gasteiger partial charge in [0.2, 0.25) is 0 Å². The molecule has 0 unspecified atom stereocenters. The third-order valence-electron chi connectivity index (χ3n) is 4.83. The Balaban J connectivity index is 1.69. The zero-order chi connectivity index (χ0) is 21.0. The molecule has 1 amide bonds. The van der Waals surface area contributed by atoms with Crippen LogP contribution in [0.25, 0.3) is 0 Å². The molecule has 0 radical (unpaired) electrons. The van der Waals surface area contributed by atoms with Gasteiger partial charge in [-0.1, -0.05) is 35.9 Å². The number of rotatable bonds is 6. The summed E-state index contributed by atoms with van der Waals surface area (Å²) in [5.74, 6) is -0.175. The van der Waals surface area contributed by atoms with E-state index < -0.39 is 12.1 Å². The molecule has 0 aromatic heterocycles. The molecule has 2 aromatic carbocycles. The summed E-state index contributed by atoms with van der Waals surface area (Å²) in [5.41, 5.74) is 2.56. The van der Waals surface area contributed by atoms with Crippen molar-refractivity contribution in [3.63, 3.8) is 0 Å². The summed E-state index contributed by atoms with van der Waals surface area (Å²) in [5, 5.41) is 0.241. The van der Waals surface area contributed by atoms with Gasteiger partial charge in [0, 0.05) is 13.1 Å². The molecule has 7 heteroatoms. The van der Waals surface area contributed by atoms with Gasteiger partial charge in [-0.15, -0.1) is 0 Å². The molecule has 0 saturated carbocycles. The van der Waals surface area contributed by atoms with E-state index >= 15 is 0 Å². The number of benzene rings is 2. The maximum Gasteiger partial charge on any atom is 0.339 e. The highest BCUT2D eigenvalue weighted by atomic mass is 35.5. The molecule has 0 saturated heterocycles. The highest BCUT2D eigenvalue weighted by Crippen LogP contribution is 2.36. The Bertz CT molecular complexity index is 914. The SMILES string of the molecule is CCOc1c(Cl)cc(C(=O)O[C@@H](C)C(=O)N2CCc3ccccc3C2)cc1OC. The molecule has 1 heterocycles. The van der Waals surface area contributed by atoms with Gasteiger partial charge < -0.3 is 19.1 Å². The minimum Gasteiger partial charge on any atom is -0.493 e. The van der Waals surface area contributed by atoms with Crippen molar-refractivity contribution in [3.05, 3.63) is 58.1 Å². The second-order valence-corrected chi connectivity index (χ2v) is 7.16. The molecule has 154 valence electrons. The van der Waals surface area contributed by atoms with Gasteiger partial charge in [-0.05, 0) is 43.5 Å². The summed E-state index contributed by atoms with van der Waals surface area (Å²) in [6.45, 7) is 4.92. The van der Waals surface area contributed by atoms with Gasteiger partial charge in [0.25, 0.3) is 5.91 Å². The minimum absolute atomic E-state index is 0.193. The highest BCUT2D eigenvalue weighted by Gasteiger charge is 2.28. The van der Waals surface area contributed by atoms with Crippen molar-refractivity contribution in [3.8, 4) is 11.5 Å². The molecule has 1 atom stereocenters. The molecule has 1 aliphatic rings. The summed E-state index contributed by atoms with van der Waals surface area (Å²) in [6, 6.07) is 11.0. The first-order valence-corrected chi connectivity index (χ1v) is 9.89. The van der Waals surface area contributed by atoms with Crippen molar-refractivity contribution in [2.45, 2.75) is 32.9 Å². The molecule has 0 fully saturated rings. The highest BCUT2D eigenvalue weighted by molar-refractivity contribution is 6.32. The number of nitrogens with zero attached hydrogens (tertiary/aromatic N) is 1. The number of esters is 1. The number of halogens is 1. The molecule has 0 spiro atoms. The molecule has 6 nitrogen and oxygen atoms in total.